The van der Waals surface area contributed by atoms with Gasteiger partial charge in [0.05, 0.1) is 85.9 Å². The molecule has 0 saturated carbocycles. The first-order valence-corrected chi connectivity index (χ1v) is 58.9. The van der Waals surface area contributed by atoms with Gasteiger partial charge >= 0.3 is 0 Å². The lowest BCUT2D eigenvalue weighted by Gasteiger charge is -2.17. The molecule has 0 aliphatic heterocycles. The third-order valence-corrected chi connectivity index (χ3v) is 34.1. The fourth-order valence-electron chi connectivity index (χ4n) is 18.5. The van der Waals surface area contributed by atoms with Gasteiger partial charge in [-0.25, -0.2) is 32.8 Å². The Labute approximate surface area is 777 Å². The van der Waals surface area contributed by atoms with Crippen LogP contribution in [0.4, 0.5) is 17.1 Å². The van der Waals surface area contributed by atoms with E-state index >= 15 is 0 Å². The standard InChI is InChI=1S/4C29H27N2OSi/c1-19-10-15-23-27-22(20-11-13-21(14-12-20)33(4,5)6)16-17-24(30-2)29(27)32-28(23)26(19)25-9-7-8-18-31(25)3;1-19-10-15-22-28-25(32-29(22)26(19)24-9-7-8-18-31(24)3)17-16-23(30-2)27(28)20-11-13-21(14-12-20)33(4,5)6;1-19-10-15-23-28-24(20-11-13-22(14-12-20)33(4,5)6)17-21(30-2)18-26(28)32-29(23)27(19)25-9-7-8-16-31(25)3;1-19-16-22(18-30)28-24-17-21(20-9-12-23(13-10-20)33(3,4)5)11-14-26(24)32-29(28)27(19)25-8-6-7-15-31(25)2/h3*7-18H,1,3-6H3;6-17H,1-5H3/q4*+1. The molecule has 0 amide bonds. The maximum absolute atomic E-state index is 9.95. The number of aromatic nitrogens is 4. The zero-order valence-corrected chi connectivity index (χ0v) is 82.9. The number of furan rings is 4. The number of nitriles is 1. The van der Waals surface area contributed by atoms with Gasteiger partial charge in [-0.2, -0.15) is 5.26 Å². The maximum atomic E-state index is 9.95. The highest BCUT2D eigenvalue weighted by atomic mass is 28.3. The van der Waals surface area contributed by atoms with E-state index in [1.807, 2.05) is 112 Å². The molecule has 0 saturated heterocycles. The minimum absolute atomic E-state index is 0.546. The van der Waals surface area contributed by atoms with Gasteiger partial charge < -0.3 is 17.7 Å². The SMILES string of the molecule is Cc1cc(C#N)c2c(oc3ccc(-c4ccc([Si](C)(C)C)cc4)cc32)c1-c1cccc[n+]1C.[C-]#[N+]c1cc(-c2ccc([Si](C)(C)C)cc2)c2c(c1)oc1c(-c3cccc[n+]3C)c(C)ccc12.[C-]#[N+]c1ccc(-c2ccc([Si](C)(C)C)cc2)c2c1oc1c(-c3cccc[n+]3C)c(C)ccc12.[C-]#[N+]c1ccc2oc3c(-c4cccc[n+]4C)c(C)ccc3c2c1-c1ccc([Si](C)(C)C)cc1. The normalized spacial score (nSPS) is 11.8. The molecule has 0 N–H and O–H groups in total. The summed E-state index contributed by atoms with van der Waals surface area (Å²) in [7, 11) is 2.69. The van der Waals surface area contributed by atoms with Gasteiger partial charge in [0.1, 0.15) is 67.3 Å². The Morgan fingerprint density at radius 1 is 0.280 bits per heavy atom. The Balaban J connectivity index is 0.000000123. The second-order valence-electron chi connectivity index (χ2n) is 38.9. The van der Waals surface area contributed by atoms with Crippen LogP contribution in [0.5, 0.6) is 0 Å². The molecule has 0 radical (unpaired) electrons. The molecule has 20 aromatic rings. The third-order valence-electron chi connectivity index (χ3n) is 25.8. The lowest BCUT2D eigenvalue weighted by Crippen LogP contribution is -2.37. The zero-order valence-electron chi connectivity index (χ0n) is 78.9. The summed E-state index contributed by atoms with van der Waals surface area (Å²) >= 11 is 0. The van der Waals surface area contributed by atoms with E-state index in [0.29, 0.717) is 28.2 Å². The highest BCUT2D eigenvalue weighted by Crippen LogP contribution is 2.49. The molecule has 132 heavy (non-hydrogen) atoms. The Morgan fingerprint density at radius 3 is 1.09 bits per heavy atom. The number of hydrogen-bond donors (Lipinski definition) is 0. The second kappa shape index (κ2) is 35.3. The number of fused-ring (bicyclic) bond motifs is 12. The van der Waals surface area contributed by atoms with E-state index in [0.717, 1.165) is 188 Å². The molecule has 0 bridgehead atoms. The maximum Gasteiger partial charge on any atom is 0.229 e. The Morgan fingerprint density at radius 2 is 0.659 bits per heavy atom. The summed E-state index contributed by atoms with van der Waals surface area (Å²) in [5.41, 5.74) is 30.7. The zero-order chi connectivity index (χ0) is 93.3. The topological polar surface area (TPSA) is 105 Å². The van der Waals surface area contributed by atoms with Crippen molar-refractivity contribution in [1.82, 2.24) is 0 Å². The van der Waals surface area contributed by atoms with E-state index in [1.54, 1.807) is 0 Å². The van der Waals surface area contributed by atoms with Crippen LogP contribution in [0, 0.1) is 58.7 Å². The van der Waals surface area contributed by atoms with Gasteiger partial charge in [-0.1, -0.05) is 257 Å². The Kier molecular flexibility index (Phi) is 23.9. The summed E-state index contributed by atoms with van der Waals surface area (Å²) in [5, 5.41) is 23.8. The van der Waals surface area contributed by atoms with E-state index in [4.69, 9.17) is 37.4 Å². The van der Waals surface area contributed by atoms with E-state index in [2.05, 4.69) is 353 Å². The van der Waals surface area contributed by atoms with Gasteiger partial charge in [0.15, 0.2) is 41.7 Å². The molecule has 648 valence electrons. The molecule has 12 nitrogen and oxygen atoms in total. The number of pyridine rings is 4. The molecule has 0 aliphatic carbocycles. The number of rotatable bonds is 12. The van der Waals surface area contributed by atoms with Gasteiger partial charge in [-0.3, -0.25) is 0 Å². The van der Waals surface area contributed by atoms with E-state index < -0.39 is 32.3 Å². The molecule has 8 aromatic heterocycles. The van der Waals surface area contributed by atoms with Crippen LogP contribution >= 0.6 is 0 Å². The van der Waals surface area contributed by atoms with Crippen LogP contribution in [-0.2, 0) is 28.2 Å². The molecule has 0 aliphatic rings. The predicted octanol–water partition coefficient (Wildman–Crippen LogP) is 27.9. The summed E-state index contributed by atoms with van der Waals surface area (Å²) < 4.78 is 34.4. The van der Waals surface area contributed by atoms with Gasteiger partial charge in [-0.15, -0.1) is 0 Å². The van der Waals surface area contributed by atoms with Crippen molar-refractivity contribution in [3.05, 3.63) is 354 Å². The number of hydrogen-bond acceptors (Lipinski definition) is 5. The Bertz CT molecular complexity index is 8110. The van der Waals surface area contributed by atoms with Crippen molar-refractivity contribution in [2.45, 2.75) is 106 Å². The van der Waals surface area contributed by atoms with Crippen LogP contribution in [0.2, 0.25) is 78.6 Å². The van der Waals surface area contributed by atoms with Crippen LogP contribution in [-0.4, -0.2) is 32.3 Å². The highest BCUT2D eigenvalue weighted by Gasteiger charge is 2.31. The summed E-state index contributed by atoms with van der Waals surface area (Å²) in [6, 6.07) is 95.5. The number of nitrogens with zero attached hydrogens (tertiary/aromatic N) is 8. The number of benzene rings is 12. The van der Waals surface area contributed by atoms with Crippen LogP contribution < -0.4 is 39.0 Å². The molecular formula is C116H108N8O4Si4+4. The second-order valence-corrected chi connectivity index (χ2v) is 59.2. The smallest absolute Gasteiger partial charge is 0.229 e. The van der Waals surface area contributed by atoms with Crippen LogP contribution in [0.25, 0.3) is 192 Å². The van der Waals surface area contributed by atoms with Crippen molar-refractivity contribution in [2.24, 2.45) is 28.2 Å². The van der Waals surface area contributed by atoms with Crippen molar-refractivity contribution in [2.75, 3.05) is 0 Å². The van der Waals surface area contributed by atoms with Crippen molar-refractivity contribution < 1.29 is 35.9 Å². The van der Waals surface area contributed by atoms with E-state index in [9.17, 15) is 5.26 Å². The lowest BCUT2D eigenvalue weighted by atomic mass is 9.95. The summed E-state index contributed by atoms with van der Waals surface area (Å²) in [6.45, 7) is 59.9. The molecule has 16 heteroatoms. The average molecular weight is 1790 g/mol. The van der Waals surface area contributed by atoms with Crippen LogP contribution in [0.15, 0.2) is 309 Å². The molecular weight excluding hydrogens is 1680 g/mol. The molecule has 0 spiro atoms. The van der Waals surface area contributed by atoms with Gasteiger partial charge in [0.2, 0.25) is 28.5 Å². The van der Waals surface area contributed by atoms with Crippen molar-refractivity contribution in [3.8, 4) is 95.6 Å². The Hall–Kier alpha value is -14.7. The predicted molar refractivity (Wildman–Crippen MR) is 557 cm³/mol. The molecule has 20 rings (SSSR count). The fourth-order valence-corrected chi connectivity index (χ4v) is 23.1. The highest BCUT2D eigenvalue weighted by molar-refractivity contribution is 6.90. The average Bonchev–Trinajstić information content (AvgIpc) is 1.59. The largest absolute Gasteiger partial charge is 0.466 e. The quantitative estimate of drug-likeness (QED) is 0.0688. The van der Waals surface area contributed by atoms with Crippen LogP contribution in [0.3, 0.4) is 0 Å². The molecule has 8 heterocycles. The van der Waals surface area contributed by atoms with E-state index in [-0.39, 0.29) is 0 Å². The first kappa shape index (κ1) is 89.3. The fraction of sp³-hybridized carbons (Fsp3) is 0.172. The first-order chi connectivity index (χ1) is 63.1. The van der Waals surface area contributed by atoms with Gasteiger partial charge in [0, 0.05) is 91.6 Å². The van der Waals surface area contributed by atoms with Crippen LogP contribution in [0.1, 0.15) is 27.8 Å². The summed E-state index contributed by atoms with van der Waals surface area (Å²) in [6.07, 6.45) is 8.19. The minimum Gasteiger partial charge on any atom is -0.466 e. The first-order valence-electron chi connectivity index (χ1n) is 44.9. The van der Waals surface area contributed by atoms with Gasteiger partial charge in [-0.05, 0) is 155 Å². The molecule has 0 fully saturated rings. The molecule has 12 aromatic carbocycles. The summed E-state index contributed by atoms with van der Waals surface area (Å²) in [5.74, 6) is 0. The number of aryl methyl sites for hydroxylation is 8. The molecule has 0 unspecified atom stereocenters. The van der Waals surface area contributed by atoms with Crippen molar-refractivity contribution in [1.29, 1.82) is 5.26 Å². The van der Waals surface area contributed by atoms with Crippen molar-refractivity contribution in [3.63, 3.8) is 0 Å². The lowest BCUT2D eigenvalue weighted by molar-refractivity contribution is -0.660. The summed E-state index contributed by atoms with van der Waals surface area (Å²) in [4.78, 5) is 11.4. The van der Waals surface area contributed by atoms with E-state index in [1.165, 1.54) is 26.3 Å². The molecule has 0 atom stereocenters. The third kappa shape index (κ3) is 16.8. The minimum atomic E-state index is -1.40. The van der Waals surface area contributed by atoms with Crippen molar-refractivity contribution >= 4 is 158 Å². The monoisotopic (exact) mass is 1790 g/mol. The van der Waals surface area contributed by atoms with Gasteiger partial charge in [0.25, 0.3) is 0 Å².